The molecule has 0 aliphatic heterocycles. The monoisotopic (exact) mass is 224 g/mol. The van der Waals surface area contributed by atoms with E-state index in [1.54, 1.807) is 10.9 Å². The van der Waals surface area contributed by atoms with Gasteiger partial charge in [0.25, 0.3) is 0 Å². The van der Waals surface area contributed by atoms with Gasteiger partial charge in [-0.3, -0.25) is 0 Å². The topological polar surface area (TPSA) is 43.6 Å². The molecule has 0 atom stereocenters. The molecule has 4 nitrogen and oxygen atoms in total. The van der Waals surface area contributed by atoms with Crippen LogP contribution in [-0.4, -0.2) is 20.0 Å². The van der Waals surface area contributed by atoms with E-state index in [-0.39, 0.29) is 0 Å². The van der Waals surface area contributed by atoms with Crippen LogP contribution in [0.1, 0.15) is 11.1 Å². The second-order valence-corrected chi connectivity index (χ2v) is 4.11. The van der Waals surface area contributed by atoms with Crippen LogP contribution in [0.4, 0.5) is 0 Å². The molecule has 4 heteroatoms. The van der Waals surface area contributed by atoms with Crippen LogP contribution in [0.3, 0.4) is 0 Å². The summed E-state index contributed by atoms with van der Waals surface area (Å²) in [6, 6.07) is 9.90. The normalized spacial score (nSPS) is 10.9. The zero-order chi connectivity index (χ0) is 11.8. The van der Waals surface area contributed by atoms with Crippen molar-refractivity contribution in [2.45, 2.75) is 13.8 Å². The standard InChI is InChI=1S/C13H12N4/c1-9-7-11-12(8-10(9)2)17(16-15-11)13-5-3-4-6-14-13/h3-8H,1-2H3. The molecule has 0 aliphatic rings. The number of rotatable bonds is 1. The lowest BCUT2D eigenvalue weighted by atomic mass is 10.1. The highest BCUT2D eigenvalue weighted by molar-refractivity contribution is 5.77. The van der Waals surface area contributed by atoms with Crippen LogP contribution in [0.5, 0.6) is 0 Å². The van der Waals surface area contributed by atoms with Gasteiger partial charge in [0.15, 0.2) is 5.82 Å². The van der Waals surface area contributed by atoms with Gasteiger partial charge in [-0.05, 0) is 49.2 Å². The molecule has 1 aromatic carbocycles. The van der Waals surface area contributed by atoms with Gasteiger partial charge in [0.05, 0.1) is 5.52 Å². The highest BCUT2D eigenvalue weighted by Gasteiger charge is 2.08. The quantitative estimate of drug-likeness (QED) is 0.637. The van der Waals surface area contributed by atoms with Crippen molar-refractivity contribution in [3.8, 4) is 5.82 Å². The summed E-state index contributed by atoms with van der Waals surface area (Å²) >= 11 is 0. The van der Waals surface area contributed by atoms with Gasteiger partial charge >= 0.3 is 0 Å². The number of nitrogens with zero attached hydrogens (tertiary/aromatic N) is 4. The molecule has 0 N–H and O–H groups in total. The van der Waals surface area contributed by atoms with Gasteiger partial charge < -0.3 is 0 Å². The molecule has 3 aromatic rings. The fourth-order valence-corrected chi connectivity index (χ4v) is 1.82. The van der Waals surface area contributed by atoms with E-state index in [1.807, 2.05) is 18.2 Å². The number of hydrogen-bond acceptors (Lipinski definition) is 3. The maximum Gasteiger partial charge on any atom is 0.155 e. The molecule has 3 rings (SSSR count). The number of pyridine rings is 1. The van der Waals surface area contributed by atoms with Crippen molar-refractivity contribution in [3.05, 3.63) is 47.7 Å². The first-order chi connectivity index (χ1) is 8.25. The number of fused-ring (bicyclic) bond motifs is 1. The third-order valence-corrected chi connectivity index (χ3v) is 2.93. The lowest BCUT2D eigenvalue weighted by Crippen LogP contribution is -1.99. The van der Waals surface area contributed by atoms with Crippen molar-refractivity contribution in [2.24, 2.45) is 0 Å². The molecule has 84 valence electrons. The van der Waals surface area contributed by atoms with Crippen molar-refractivity contribution in [1.82, 2.24) is 20.0 Å². The minimum Gasteiger partial charge on any atom is -0.237 e. The van der Waals surface area contributed by atoms with E-state index in [0.29, 0.717) is 0 Å². The molecule has 0 fully saturated rings. The van der Waals surface area contributed by atoms with E-state index in [0.717, 1.165) is 16.9 Å². The van der Waals surface area contributed by atoms with Crippen LogP contribution in [0, 0.1) is 13.8 Å². The average molecular weight is 224 g/mol. The Labute approximate surface area is 98.9 Å². The molecule has 0 aliphatic carbocycles. The molecular weight excluding hydrogens is 212 g/mol. The van der Waals surface area contributed by atoms with E-state index < -0.39 is 0 Å². The Morgan fingerprint density at radius 3 is 2.65 bits per heavy atom. The molecule has 0 spiro atoms. The summed E-state index contributed by atoms with van der Waals surface area (Å²) in [5.41, 5.74) is 4.35. The second kappa shape index (κ2) is 3.66. The van der Waals surface area contributed by atoms with Crippen LogP contribution in [0.2, 0.25) is 0 Å². The number of hydrogen-bond donors (Lipinski definition) is 0. The Kier molecular flexibility index (Phi) is 2.14. The maximum absolute atomic E-state index is 4.28. The molecule has 2 heterocycles. The van der Waals surface area contributed by atoms with Gasteiger partial charge in [-0.2, -0.15) is 4.68 Å². The first-order valence-corrected chi connectivity index (χ1v) is 5.50. The predicted molar refractivity (Wildman–Crippen MR) is 66.1 cm³/mol. The Morgan fingerprint density at radius 2 is 1.88 bits per heavy atom. The Balaban J connectivity index is 2.29. The number of aryl methyl sites for hydroxylation is 2. The molecule has 0 amide bonds. The predicted octanol–water partition coefficient (Wildman–Crippen LogP) is 2.43. The van der Waals surface area contributed by atoms with Gasteiger partial charge in [0, 0.05) is 6.20 Å². The van der Waals surface area contributed by atoms with Gasteiger partial charge in [-0.15, -0.1) is 5.10 Å². The third-order valence-electron chi connectivity index (χ3n) is 2.93. The summed E-state index contributed by atoms with van der Waals surface area (Å²) < 4.78 is 1.77. The molecule has 0 saturated heterocycles. The molecule has 0 unspecified atom stereocenters. The maximum atomic E-state index is 4.28. The molecule has 0 radical (unpaired) electrons. The van der Waals surface area contributed by atoms with E-state index in [1.165, 1.54) is 11.1 Å². The minimum atomic E-state index is 0.790. The van der Waals surface area contributed by atoms with Crippen LogP contribution in [0.25, 0.3) is 16.9 Å². The Bertz CT molecular complexity index is 670. The summed E-state index contributed by atoms with van der Waals surface area (Å²) in [6.45, 7) is 4.17. The molecular formula is C13H12N4. The third kappa shape index (κ3) is 1.58. The van der Waals surface area contributed by atoms with Crippen LogP contribution < -0.4 is 0 Å². The highest BCUT2D eigenvalue weighted by atomic mass is 15.4. The molecule has 0 bridgehead atoms. The lowest BCUT2D eigenvalue weighted by molar-refractivity contribution is 0.801. The SMILES string of the molecule is Cc1cc2nnn(-c3ccccn3)c2cc1C. The molecule has 17 heavy (non-hydrogen) atoms. The minimum absolute atomic E-state index is 0.790. The summed E-state index contributed by atoms with van der Waals surface area (Å²) in [7, 11) is 0. The van der Waals surface area contributed by atoms with E-state index in [4.69, 9.17) is 0 Å². The zero-order valence-electron chi connectivity index (χ0n) is 9.75. The van der Waals surface area contributed by atoms with Crippen LogP contribution >= 0.6 is 0 Å². The van der Waals surface area contributed by atoms with E-state index >= 15 is 0 Å². The van der Waals surface area contributed by atoms with Crippen molar-refractivity contribution in [3.63, 3.8) is 0 Å². The van der Waals surface area contributed by atoms with Crippen molar-refractivity contribution < 1.29 is 0 Å². The smallest absolute Gasteiger partial charge is 0.155 e. The average Bonchev–Trinajstić information content (AvgIpc) is 2.74. The molecule has 0 saturated carbocycles. The van der Waals surface area contributed by atoms with Crippen LogP contribution in [0.15, 0.2) is 36.5 Å². The zero-order valence-corrected chi connectivity index (χ0v) is 9.75. The van der Waals surface area contributed by atoms with Gasteiger partial charge in [0.2, 0.25) is 0 Å². The van der Waals surface area contributed by atoms with Crippen LogP contribution in [-0.2, 0) is 0 Å². The fourth-order valence-electron chi connectivity index (χ4n) is 1.82. The van der Waals surface area contributed by atoms with Crippen molar-refractivity contribution in [1.29, 1.82) is 0 Å². The number of aromatic nitrogens is 4. The fraction of sp³-hybridized carbons (Fsp3) is 0.154. The summed E-state index contributed by atoms with van der Waals surface area (Å²) in [4.78, 5) is 4.28. The lowest BCUT2D eigenvalue weighted by Gasteiger charge is -2.02. The summed E-state index contributed by atoms with van der Waals surface area (Å²) in [5, 5.41) is 8.32. The first kappa shape index (κ1) is 9.96. The number of benzene rings is 1. The van der Waals surface area contributed by atoms with Gasteiger partial charge in [0.1, 0.15) is 5.52 Å². The summed E-state index contributed by atoms with van der Waals surface area (Å²) in [6.07, 6.45) is 1.75. The van der Waals surface area contributed by atoms with Crippen molar-refractivity contribution >= 4 is 11.0 Å². The second-order valence-electron chi connectivity index (χ2n) is 4.11. The van der Waals surface area contributed by atoms with Gasteiger partial charge in [-0.25, -0.2) is 4.98 Å². The van der Waals surface area contributed by atoms with E-state index in [2.05, 4.69) is 41.3 Å². The Hall–Kier alpha value is -2.23. The van der Waals surface area contributed by atoms with E-state index in [9.17, 15) is 0 Å². The Morgan fingerprint density at radius 1 is 1.06 bits per heavy atom. The van der Waals surface area contributed by atoms with Crippen molar-refractivity contribution in [2.75, 3.05) is 0 Å². The molecule has 2 aromatic heterocycles. The largest absolute Gasteiger partial charge is 0.237 e. The highest BCUT2D eigenvalue weighted by Crippen LogP contribution is 2.19. The van der Waals surface area contributed by atoms with Gasteiger partial charge in [-0.1, -0.05) is 11.3 Å². The first-order valence-electron chi connectivity index (χ1n) is 5.50. The summed E-state index contributed by atoms with van der Waals surface area (Å²) in [5.74, 6) is 0.790.